The fourth-order valence-corrected chi connectivity index (χ4v) is 9.79. The van der Waals surface area contributed by atoms with Crippen molar-refractivity contribution in [2.45, 2.75) is 72.9 Å². The van der Waals surface area contributed by atoms with Crippen LogP contribution in [0.5, 0.6) is 0 Å². The number of benzene rings is 1. The van der Waals surface area contributed by atoms with Crippen LogP contribution >= 0.6 is 10.9 Å². The molecule has 14 heteroatoms. The fraction of sp³-hybridized carbons (Fsp3) is 0.519. The molecule has 1 aliphatic carbocycles. The van der Waals surface area contributed by atoms with Gasteiger partial charge < -0.3 is 20.4 Å². The molecule has 2 aliphatic rings. The highest BCUT2D eigenvalue weighted by Crippen LogP contribution is 2.61. The van der Waals surface area contributed by atoms with Gasteiger partial charge in [-0.15, -0.1) is 5.10 Å². The molecule has 2 fully saturated rings. The predicted octanol–water partition coefficient (Wildman–Crippen LogP) is 3.39. The maximum atomic E-state index is 14.1. The van der Waals surface area contributed by atoms with Gasteiger partial charge in [0.1, 0.15) is 11.7 Å². The monoisotopic (exact) mass is 602 g/mol. The molecule has 4 N–H and O–H groups in total. The molecule has 41 heavy (non-hydrogen) atoms. The molecule has 0 bridgehead atoms. The third-order valence-electron chi connectivity index (χ3n) is 8.24. The number of aryl methyl sites for hydroxylation is 1. The van der Waals surface area contributed by atoms with Gasteiger partial charge in [-0.05, 0) is 43.5 Å². The first kappa shape index (κ1) is 29.8. The Kier molecular flexibility index (Phi) is 8.16. The van der Waals surface area contributed by atoms with Crippen LogP contribution in [0.2, 0.25) is 0 Å². The van der Waals surface area contributed by atoms with E-state index in [1.165, 1.54) is 12.4 Å². The largest absolute Gasteiger partial charge is 0.395 e. The van der Waals surface area contributed by atoms with Gasteiger partial charge in [-0.1, -0.05) is 11.3 Å². The van der Waals surface area contributed by atoms with E-state index in [1.54, 1.807) is 19.1 Å². The van der Waals surface area contributed by atoms with E-state index in [4.69, 9.17) is 0 Å². The predicted molar refractivity (Wildman–Crippen MR) is 141 cm³/mol. The van der Waals surface area contributed by atoms with Crippen molar-refractivity contribution in [3.8, 4) is 11.3 Å². The van der Waals surface area contributed by atoms with Crippen molar-refractivity contribution in [1.82, 2.24) is 20.0 Å². The van der Waals surface area contributed by atoms with Crippen LogP contribution in [0.15, 0.2) is 36.7 Å². The first-order chi connectivity index (χ1) is 19.3. The molecule has 8 nitrogen and oxygen atoms in total. The number of hydrogen-bond acceptors (Lipinski definition) is 7. The summed E-state index contributed by atoms with van der Waals surface area (Å²) in [7, 11) is -1.65. The van der Waals surface area contributed by atoms with E-state index < -0.39 is 88.1 Å². The minimum absolute atomic E-state index is 0.00331. The van der Waals surface area contributed by atoms with Crippen LogP contribution in [0.25, 0.3) is 11.3 Å². The van der Waals surface area contributed by atoms with Gasteiger partial charge in [-0.25, -0.2) is 37.5 Å². The molecule has 3 aromatic rings. The van der Waals surface area contributed by atoms with Gasteiger partial charge in [0, 0.05) is 35.6 Å². The van der Waals surface area contributed by atoms with Gasteiger partial charge in [-0.2, -0.15) is 0 Å². The van der Waals surface area contributed by atoms with Crippen LogP contribution in [0, 0.1) is 24.4 Å². The quantitative estimate of drug-likeness (QED) is 0.167. The lowest BCUT2D eigenvalue weighted by Crippen LogP contribution is -2.53. The highest BCUT2D eigenvalue weighted by Gasteiger charge is 2.54. The number of pyridine rings is 1. The molecule has 1 aliphatic heterocycles. The van der Waals surface area contributed by atoms with Gasteiger partial charge >= 0.3 is 0 Å². The molecule has 6 atom stereocenters. The van der Waals surface area contributed by atoms with E-state index in [1.807, 2.05) is 0 Å². The maximum absolute atomic E-state index is 14.1. The molecular weight excluding hydrogens is 571 g/mol. The second-order valence-electron chi connectivity index (χ2n) is 10.9. The van der Waals surface area contributed by atoms with E-state index in [9.17, 15) is 42.4 Å². The molecule has 2 aromatic heterocycles. The maximum Gasteiger partial charge on any atom is 0.248 e. The molecule has 0 amide bonds. The van der Waals surface area contributed by atoms with Crippen molar-refractivity contribution in [3.63, 3.8) is 0 Å². The van der Waals surface area contributed by atoms with E-state index in [0.29, 0.717) is 11.3 Å². The Morgan fingerprint density at radius 3 is 2.37 bits per heavy atom. The Labute approximate surface area is 235 Å². The zero-order valence-electron chi connectivity index (χ0n) is 22.0. The molecular formula is C27H31F5N4O4S. The zero-order valence-corrected chi connectivity index (χ0v) is 22.9. The Bertz CT molecular complexity index is 1380. The van der Waals surface area contributed by atoms with Crippen molar-refractivity contribution >= 4 is 10.9 Å². The Hall–Kier alpha value is -2.65. The van der Waals surface area contributed by atoms with Gasteiger partial charge in [-0.3, -0.25) is 4.98 Å². The number of aliphatic hydroxyl groups excluding tert-OH is 3. The van der Waals surface area contributed by atoms with Crippen molar-refractivity contribution in [2.75, 3.05) is 12.4 Å². The van der Waals surface area contributed by atoms with Crippen molar-refractivity contribution in [2.24, 2.45) is 0 Å². The smallest absolute Gasteiger partial charge is 0.248 e. The van der Waals surface area contributed by atoms with Gasteiger partial charge in [0.2, 0.25) is 5.92 Å². The summed E-state index contributed by atoms with van der Waals surface area (Å²) in [6.45, 7) is 1.23. The summed E-state index contributed by atoms with van der Waals surface area (Å²) in [5, 5.41) is 51.2. The molecule has 1 aromatic carbocycles. The Balaban J connectivity index is 1.49. The summed E-state index contributed by atoms with van der Waals surface area (Å²) in [5.74, 6) is -7.41. The number of thiol groups is 1. The molecule has 3 heterocycles. The standard InChI is InChI=1S/C27H31F5N4O4S/c1-14-3-2-8-33-22(14)25(26(40)4-6-27(31,32)7-5-26)41-13-19(38)23(24(39)20(41)12-37)36-11-18(34-35-36)15-9-16(28)21(30)17(29)10-15/h2-3,8-11,19-20,23-25,37-41H,4-7,12-13H2,1H3/t19-,20+,23-,24-,25?/m0/s1. The van der Waals surface area contributed by atoms with Crippen LogP contribution in [0.3, 0.4) is 0 Å². The van der Waals surface area contributed by atoms with Gasteiger partial charge in [0.15, 0.2) is 17.5 Å². The van der Waals surface area contributed by atoms with Crippen LogP contribution in [0.4, 0.5) is 22.0 Å². The number of rotatable bonds is 6. The SMILES string of the molecule is Cc1cccnc1C([SH]1C[C@H](O)[C@H](n2cc(-c3cc(F)c(F)c(F)c3)nn2)[C@@H](O)[C@H]1CO)C1(O)CCC(F)(F)CC1. The number of nitrogens with zero attached hydrogens (tertiary/aromatic N) is 4. The lowest BCUT2D eigenvalue weighted by Gasteiger charge is -2.53. The molecule has 1 saturated carbocycles. The first-order valence-corrected chi connectivity index (χ1v) is 14.8. The number of alkyl halides is 2. The van der Waals surface area contributed by atoms with Crippen molar-refractivity contribution < 1.29 is 42.4 Å². The van der Waals surface area contributed by atoms with E-state index in [-0.39, 0.29) is 29.9 Å². The van der Waals surface area contributed by atoms with Crippen LogP contribution in [0.1, 0.15) is 48.2 Å². The highest BCUT2D eigenvalue weighted by atomic mass is 32.2. The number of halogens is 5. The van der Waals surface area contributed by atoms with Crippen LogP contribution in [-0.4, -0.2) is 81.7 Å². The summed E-state index contributed by atoms with van der Waals surface area (Å²) >= 11 is 0. The Morgan fingerprint density at radius 2 is 1.76 bits per heavy atom. The van der Waals surface area contributed by atoms with Crippen molar-refractivity contribution in [1.29, 1.82) is 0 Å². The topological polar surface area (TPSA) is 125 Å². The zero-order chi connectivity index (χ0) is 29.7. The molecule has 0 radical (unpaired) electrons. The molecule has 5 rings (SSSR count). The molecule has 1 saturated heterocycles. The third-order valence-corrected chi connectivity index (χ3v) is 11.7. The minimum Gasteiger partial charge on any atom is -0.395 e. The van der Waals surface area contributed by atoms with Gasteiger partial charge in [0.25, 0.3) is 0 Å². The number of aromatic nitrogens is 4. The van der Waals surface area contributed by atoms with Crippen molar-refractivity contribution in [3.05, 3.63) is 65.4 Å². The summed E-state index contributed by atoms with van der Waals surface area (Å²) in [4.78, 5) is 4.47. The van der Waals surface area contributed by atoms with E-state index >= 15 is 0 Å². The lowest BCUT2D eigenvalue weighted by molar-refractivity contribution is -0.105. The summed E-state index contributed by atoms with van der Waals surface area (Å²) < 4.78 is 70.3. The summed E-state index contributed by atoms with van der Waals surface area (Å²) in [6, 6.07) is 3.82. The highest BCUT2D eigenvalue weighted by molar-refractivity contribution is 8.18. The first-order valence-electron chi connectivity index (χ1n) is 13.2. The normalized spacial score (nSPS) is 29.3. The third kappa shape index (κ3) is 5.59. The second kappa shape index (κ2) is 11.2. The Morgan fingerprint density at radius 1 is 1.10 bits per heavy atom. The molecule has 224 valence electrons. The molecule has 2 unspecified atom stereocenters. The van der Waals surface area contributed by atoms with E-state index in [2.05, 4.69) is 15.3 Å². The second-order valence-corrected chi connectivity index (χ2v) is 13.5. The number of hydrogen-bond donors (Lipinski definition) is 5. The minimum atomic E-state index is -2.92. The van der Waals surface area contributed by atoms with E-state index in [0.717, 1.165) is 16.8 Å². The summed E-state index contributed by atoms with van der Waals surface area (Å²) in [6.07, 6.45) is -1.44. The lowest BCUT2D eigenvalue weighted by atomic mass is 9.79. The average molecular weight is 603 g/mol. The average Bonchev–Trinajstić information content (AvgIpc) is 3.40. The molecule has 0 spiro atoms. The summed E-state index contributed by atoms with van der Waals surface area (Å²) in [5.41, 5.74) is -0.603. The van der Waals surface area contributed by atoms with Gasteiger partial charge in [0.05, 0.1) is 41.6 Å². The fourth-order valence-electron chi connectivity index (χ4n) is 6.04. The van der Waals surface area contributed by atoms with Crippen LogP contribution in [-0.2, 0) is 0 Å². The number of aliphatic hydroxyl groups is 4. The van der Waals surface area contributed by atoms with Crippen LogP contribution < -0.4 is 0 Å².